The van der Waals surface area contributed by atoms with Crippen LogP contribution >= 0.6 is 0 Å². The van der Waals surface area contributed by atoms with Crippen LogP contribution in [0.5, 0.6) is 0 Å². The number of benzene rings is 1. The number of morpholine rings is 1. The molecule has 2 N–H and O–H groups in total. The smallest absolute Gasteiger partial charge is 0.279 e. The highest BCUT2D eigenvalue weighted by atomic mass is 32.2. The van der Waals surface area contributed by atoms with E-state index in [2.05, 4.69) is 5.32 Å². The van der Waals surface area contributed by atoms with Crippen LogP contribution in [0.1, 0.15) is 27.7 Å². The van der Waals surface area contributed by atoms with Crippen LogP contribution in [0.3, 0.4) is 0 Å². The van der Waals surface area contributed by atoms with E-state index < -0.39 is 10.0 Å². The van der Waals surface area contributed by atoms with Crippen molar-refractivity contribution in [1.82, 2.24) is 4.31 Å². The third-order valence-corrected chi connectivity index (χ3v) is 6.62. The van der Waals surface area contributed by atoms with E-state index in [9.17, 15) is 13.2 Å². The van der Waals surface area contributed by atoms with Crippen LogP contribution in [-0.2, 0) is 19.6 Å². The number of sulfonamides is 1. The molecular weight excluding hydrogens is 354 g/mol. The molecule has 0 aliphatic carbocycles. The number of carbonyl (C=O) groups excluding carboxylic acids is 1. The lowest BCUT2D eigenvalue weighted by Gasteiger charge is -2.31. The predicted octanol–water partition coefficient (Wildman–Crippen LogP) is 0.346. The minimum atomic E-state index is -3.52. The average molecular weight is 385 g/mol. The molecule has 1 unspecified atom stereocenters. The summed E-state index contributed by atoms with van der Waals surface area (Å²) in [5.41, 5.74) is 0.593. The molecule has 0 radical (unpaired) electrons. The molecule has 7 nitrogen and oxygen atoms in total. The normalized spacial score (nSPS) is 24.0. The van der Waals surface area contributed by atoms with Gasteiger partial charge in [0.15, 0.2) is 6.54 Å². The van der Waals surface area contributed by atoms with E-state index in [1.54, 1.807) is 19.2 Å². The van der Waals surface area contributed by atoms with Crippen LogP contribution in [0, 0.1) is 0 Å². The van der Waals surface area contributed by atoms with Crippen molar-refractivity contribution in [2.75, 3.05) is 32.0 Å². The SMILES string of the molecule is CC(C)N(C)S(=O)(=O)c1ccc(NC(=O)C[NH+]2C[C@@H](C)O[C@@H](C)C2)cc1. The fourth-order valence-corrected chi connectivity index (χ4v) is 4.49. The van der Waals surface area contributed by atoms with Gasteiger partial charge >= 0.3 is 0 Å². The van der Waals surface area contributed by atoms with E-state index in [1.807, 2.05) is 27.7 Å². The molecule has 146 valence electrons. The maximum absolute atomic E-state index is 12.5. The molecule has 1 aliphatic rings. The maximum atomic E-state index is 12.5. The monoisotopic (exact) mass is 384 g/mol. The lowest BCUT2D eigenvalue weighted by Crippen LogP contribution is -3.16. The van der Waals surface area contributed by atoms with Gasteiger partial charge in [-0.2, -0.15) is 4.31 Å². The lowest BCUT2D eigenvalue weighted by atomic mass is 10.2. The zero-order valence-corrected chi connectivity index (χ0v) is 17.0. The number of hydrogen-bond acceptors (Lipinski definition) is 4. The minimum Gasteiger partial charge on any atom is -0.364 e. The van der Waals surface area contributed by atoms with Crippen LogP contribution in [0.15, 0.2) is 29.2 Å². The number of amides is 1. The number of carbonyl (C=O) groups is 1. The number of nitrogens with one attached hydrogen (secondary N) is 2. The van der Waals surface area contributed by atoms with Gasteiger partial charge in [-0.3, -0.25) is 4.79 Å². The van der Waals surface area contributed by atoms with Crippen molar-refractivity contribution in [3.63, 3.8) is 0 Å². The fourth-order valence-electron chi connectivity index (χ4n) is 3.12. The van der Waals surface area contributed by atoms with E-state index in [0.717, 1.165) is 13.1 Å². The molecule has 0 spiro atoms. The third kappa shape index (κ3) is 5.26. The van der Waals surface area contributed by atoms with E-state index >= 15 is 0 Å². The standard InChI is InChI=1S/C18H29N3O4S/c1-13(2)20(5)26(23,24)17-8-6-16(7-9-17)19-18(22)12-21-10-14(3)25-15(4)11-21/h6-9,13-15H,10-12H2,1-5H3,(H,19,22)/p+1/t14-,15+. The molecule has 8 heteroatoms. The van der Waals surface area contributed by atoms with Crippen molar-refractivity contribution in [3.05, 3.63) is 24.3 Å². The fraction of sp³-hybridized carbons (Fsp3) is 0.611. The van der Waals surface area contributed by atoms with Gasteiger partial charge in [0.05, 0.1) is 4.90 Å². The summed E-state index contributed by atoms with van der Waals surface area (Å²) in [4.78, 5) is 13.7. The molecule has 1 fully saturated rings. The first kappa shape index (κ1) is 20.8. The summed E-state index contributed by atoms with van der Waals surface area (Å²) in [6, 6.07) is 6.17. The highest BCUT2D eigenvalue weighted by Crippen LogP contribution is 2.18. The molecule has 0 saturated carbocycles. The Bertz CT molecular complexity index is 708. The van der Waals surface area contributed by atoms with Gasteiger partial charge in [-0.25, -0.2) is 8.42 Å². The Morgan fingerprint density at radius 2 is 1.77 bits per heavy atom. The van der Waals surface area contributed by atoms with Gasteiger partial charge in [0, 0.05) is 18.8 Å². The van der Waals surface area contributed by atoms with E-state index in [-0.39, 0.29) is 29.1 Å². The summed E-state index contributed by atoms with van der Waals surface area (Å²) in [7, 11) is -1.96. The topological polar surface area (TPSA) is 80.2 Å². The van der Waals surface area contributed by atoms with Crippen molar-refractivity contribution < 1.29 is 22.8 Å². The average Bonchev–Trinajstić information content (AvgIpc) is 2.53. The summed E-state index contributed by atoms with van der Waals surface area (Å²) in [6.07, 6.45) is 0.285. The van der Waals surface area contributed by atoms with Crippen molar-refractivity contribution >= 4 is 21.6 Å². The number of hydrogen-bond donors (Lipinski definition) is 2. The summed E-state index contributed by atoms with van der Waals surface area (Å²) in [6.45, 7) is 9.65. The second-order valence-corrected chi connectivity index (χ2v) is 9.28. The van der Waals surface area contributed by atoms with Gasteiger partial charge in [-0.1, -0.05) is 0 Å². The highest BCUT2D eigenvalue weighted by Gasteiger charge is 2.27. The molecule has 1 aromatic rings. The number of quaternary nitrogens is 1. The molecule has 1 amide bonds. The summed E-state index contributed by atoms with van der Waals surface area (Å²) in [5, 5.41) is 2.84. The predicted molar refractivity (Wildman–Crippen MR) is 101 cm³/mol. The van der Waals surface area contributed by atoms with Crippen molar-refractivity contribution in [2.24, 2.45) is 0 Å². The lowest BCUT2D eigenvalue weighted by molar-refractivity contribution is -0.907. The van der Waals surface area contributed by atoms with Crippen LogP contribution in [0.2, 0.25) is 0 Å². The number of rotatable bonds is 6. The Kier molecular flexibility index (Phi) is 6.79. The Hall–Kier alpha value is -1.48. The van der Waals surface area contributed by atoms with Gasteiger partial charge in [-0.15, -0.1) is 0 Å². The van der Waals surface area contributed by atoms with Crippen LogP contribution < -0.4 is 10.2 Å². The maximum Gasteiger partial charge on any atom is 0.279 e. The first-order chi connectivity index (χ1) is 12.1. The van der Waals surface area contributed by atoms with Gasteiger partial charge in [0.25, 0.3) is 5.91 Å². The first-order valence-corrected chi connectivity index (χ1v) is 10.4. The van der Waals surface area contributed by atoms with Gasteiger partial charge in [-0.05, 0) is 52.0 Å². The van der Waals surface area contributed by atoms with Crippen LogP contribution in [-0.4, -0.2) is 63.6 Å². The van der Waals surface area contributed by atoms with Gasteiger partial charge < -0.3 is 15.0 Å². The molecule has 0 bridgehead atoms. The number of nitrogens with zero attached hydrogens (tertiary/aromatic N) is 1. The highest BCUT2D eigenvalue weighted by molar-refractivity contribution is 7.89. The Morgan fingerprint density at radius 1 is 1.23 bits per heavy atom. The second kappa shape index (κ2) is 8.47. The zero-order valence-electron chi connectivity index (χ0n) is 16.2. The quantitative estimate of drug-likeness (QED) is 0.742. The Morgan fingerprint density at radius 3 is 2.27 bits per heavy atom. The molecule has 1 heterocycles. The second-order valence-electron chi connectivity index (χ2n) is 7.28. The molecular formula is C18H30N3O4S+. The molecule has 1 aromatic carbocycles. The molecule has 2 rings (SSSR count). The largest absolute Gasteiger partial charge is 0.364 e. The van der Waals surface area contributed by atoms with E-state index in [4.69, 9.17) is 4.74 Å². The molecule has 0 aromatic heterocycles. The molecule has 1 aliphatic heterocycles. The number of ether oxygens (including phenoxy) is 1. The van der Waals surface area contributed by atoms with Gasteiger partial charge in [0.1, 0.15) is 25.3 Å². The zero-order chi connectivity index (χ0) is 19.5. The Labute approximate surface area is 156 Å². The summed E-state index contributed by atoms with van der Waals surface area (Å²) in [5.74, 6) is -0.0868. The minimum absolute atomic E-state index is 0.0868. The molecule has 1 saturated heterocycles. The summed E-state index contributed by atoms with van der Waals surface area (Å²) >= 11 is 0. The van der Waals surface area contributed by atoms with E-state index in [0.29, 0.717) is 12.2 Å². The Balaban J connectivity index is 1.97. The van der Waals surface area contributed by atoms with Crippen LogP contribution in [0.4, 0.5) is 5.69 Å². The van der Waals surface area contributed by atoms with Gasteiger partial charge in [0.2, 0.25) is 10.0 Å². The van der Waals surface area contributed by atoms with E-state index in [1.165, 1.54) is 21.3 Å². The van der Waals surface area contributed by atoms with Crippen molar-refractivity contribution in [2.45, 2.75) is 50.8 Å². The summed E-state index contributed by atoms with van der Waals surface area (Å²) < 4.78 is 31.9. The molecule has 26 heavy (non-hydrogen) atoms. The van der Waals surface area contributed by atoms with Crippen LogP contribution in [0.25, 0.3) is 0 Å². The number of anilines is 1. The van der Waals surface area contributed by atoms with Crippen molar-refractivity contribution in [3.8, 4) is 0 Å². The first-order valence-electron chi connectivity index (χ1n) is 8.96. The third-order valence-electron chi connectivity index (χ3n) is 4.57. The van der Waals surface area contributed by atoms with Crippen molar-refractivity contribution in [1.29, 1.82) is 0 Å². The molecule has 3 atom stereocenters.